The quantitative estimate of drug-likeness (QED) is 0.678. The molecule has 1 aliphatic rings. The van der Waals surface area contributed by atoms with Crippen LogP contribution in [0.4, 0.5) is 0 Å². The van der Waals surface area contributed by atoms with Crippen molar-refractivity contribution in [1.82, 2.24) is 19.5 Å². The maximum atomic E-state index is 13.3. The molecule has 1 saturated heterocycles. The van der Waals surface area contributed by atoms with E-state index < -0.39 is 0 Å². The molecule has 1 fully saturated rings. The van der Waals surface area contributed by atoms with Crippen LogP contribution in [0.15, 0.2) is 42.6 Å². The second kappa shape index (κ2) is 7.50. The van der Waals surface area contributed by atoms with Crippen molar-refractivity contribution in [3.8, 4) is 11.5 Å². The molecular weight excluding hydrogens is 356 g/mol. The molecule has 0 radical (unpaired) electrons. The zero-order chi connectivity index (χ0) is 19.7. The Balaban J connectivity index is 1.63. The Bertz CT molecular complexity index is 998. The van der Waals surface area contributed by atoms with Crippen molar-refractivity contribution in [2.75, 3.05) is 13.7 Å². The number of methoxy groups -OCH3 is 1. The first kappa shape index (κ1) is 18.3. The molecule has 7 heteroatoms. The van der Waals surface area contributed by atoms with Crippen molar-refractivity contribution in [2.24, 2.45) is 0 Å². The fraction of sp³-hybridized carbons (Fsp3) is 0.381. The van der Waals surface area contributed by atoms with E-state index in [9.17, 15) is 4.79 Å². The predicted octanol–water partition coefficient (Wildman–Crippen LogP) is 3.50. The first-order valence-corrected chi connectivity index (χ1v) is 9.54. The Morgan fingerprint density at radius 2 is 2.04 bits per heavy atom. The molecule has 0 spiro atoms. The van der Waals surface area contributed by atoms with E-state index in [-0.39, 0.29) is 18.1 Å². The number of pyridine rings is 1. The highest BCUT2D eigenvalue weighted by Crippen LogP contribution is 2.34. The second-order valence-corrected chi connectivity index (χ2v) is 7.18. The van der Waals surface area contributed by atoms with E-state index in [0.29, 0.717) is 23.6 Å². The fourth-order valence-corrected chi connectivity index (χ4v) is 3.68. The van der Waals surface area contributed by atoms with Crippen LogP contribution >= 0.6 is 0 Å². The maximum Gasteiger partial charge on any atom is 0.254 e. The van der Waals surface area contributed by atoms with Gasteiger partial charge in [-0.3, -0.25) is 9.20 Å². The summed E-state index contributed by atoms with van der Waals surface area (Å²) in [6, 6.07) is 11.0. The summed E-state index contributed by atoms with van der Waals surface area (Å²) in [5, 5.41) is 8.59. The van der Waals surface area contributed by atoms with Gasteiger partial charge in [0.2, 0.25) is 0 Å². The number of amides is 1. The number of ether oxygens (including phenoxy) is 2. The zero-order valence-electron chi connectivity index (χ0n) is 16.3. The third-order valence-electron chi connectivity index (χ3n) is 4.93. The van der Waals surface area contributed by atoms with Crippen molar-refractivity contribution in [1.29, 1.82) is 0 Å². The van der Waals surface area contributed by atoms with Crippen molar-refractivity contribution in [3.05, 3.63) is 54.0 Å². The van der Waals surface area contributed by atoms with E-state index in [2.05, 4.69) is 10.2 Å². The van der Waals surface area contributed by atoms with Gasteiger partial charge in [0, 0.05) is 18.3 Å². The molecule has 3 aromatic rings. The number of aromatic nitrogens is 3. The van der Waals surface area contributed by atoms with E-state index >= 15 is 0 Å². The van der Waals surface area contributed by atoms with E-state index in [1.807, 2.05) is 47.5 Å². The van der Waals surface area contributed by atoms with Crippen LogP contribution in [0.3, 0.4) is 0 Å². The van der Waals surface area contributed by atoms with Gasteiger partial charge in [-0.2, -0.15) is 0 Å². The van der Waals surface area contributed by atoms with Crippen molar-refractivity contribution in [2.45, 2.75) is 38.8 Å². The van der Waals surface area contributed by atoms with Gasteiger partial charge >= 0.3 is 0 Å². The van der Waals surface area contributed by atoms with Crippen LogP contribution in [0.1, 0.15) is 48.9 Å². The lowest BCUT2D eigenvalue weighted by Crippen LogP contribution is -2.31. The van der Waals surface area contributed by atoms with Crippen LogP contribution in [0.25, 0.3) is 5.65 Å². The highest BCUT2D eigenvalue weighted by molar-refractivity contribution is 5.95. The predicted molar refractivity (Wildman–Crippen MR) is 105 cm³/mol. The van der Waals surface area contributed by atoms with Gasteiger partial charge in [0.15, 0.2) is 23.0 Å². The van der Waals surface area contributed by atoms with Crippen LogP contribution in [-0.4, -0.2) is 45.2 Å². The first-order chi connectivity index (χ1) is 13.6. The second-order valence-electron chi connectivity index (χ2n) is 7.18. The molecule has 1 aromatic carbocycles. The van der Waals surface area contributed by atoms with Crippen molar-refractivity contribution in [3.63, 3.8) is 0 Å². The Morgan fingerprint density at radius 3 is 2.82 bits per heavy atom. The van der Waals surface area contributed by atoms with Crippen LogP contribution in [0.2, 0.25) is 0 Å². The number of carbonyl (C=O) groups is 1. The molecule has 1 amide bonds. The molecule has 0 saturated carbocycles. The minimum Gasteiger partial charge on any atom is -0.493 e. The minimum atomic E-state index is -0.0949. The lowest BCUT2D eigenvalue weighted by atomic mass is 10.1. The fourth-order valence-electron chi connectivity index (χ4n) is 3.68. The number of fused-ring (bicyclic) bond motifs is 1. The lowest BCUT2D eigenvalue weighted by molar-refractivity contribution is 0.0728. The standard InChI is InChI=1S/C21H24N4O3/c1-14(2)28-17-10-9-15(13-18(17)27-3)21(26)24-12-6-7-16(24)20-23-22-19-8-4-5-11-25(19)20/h4-5,8-11,13-14,16H,6-7,12H2,1-3H3/t16-/m0/s1. The van der Waals surface area contributed by atoms with Crippen LogP contribution < -0.4 is 9.47 Å². The molecule has 1 atom stereocenters. The molecule has 0 aliphatic carbocycles. The summed E-state index contributed by atoms with van der Waals surface area (Å²) in [5.41, 5.74) is 1.36. The number of nitrogens with zero attached hydrogens (tertiary/aromatic N) is 4. The van der Waals surface area contributed by atoms with Gasteiger partial charge in [-0.05, 0) is 57.0 Å². The lowest BCUT2D eigenvalue weighted by Gasteiger charge is -2.24. The van der Waals surface area contributed by atoms with Gasteiger partial charge in [0.1, 0.15) is 0 Å². The number of carbonyl (C=O) groups excluding carboxylic acids is 1. The van der Waals surface area contributed by atoms with Crippen LogP contribution in [-0.2, 0) is 0 Å². The minimum absolute atomic E-state index is 0.0274. The highest BCUT2D eigenvalue weighted by Gasteiger charge is 2.34. The van der Waals surface area contributed by atoms with Crippen LogP contribution in [0.5, 0.6) is 11.5 Å². The average Bonchev–Trinajstić information content (AvgIpc) is 3.34. The largest absolute Gasteiger partial charge is 0.493 e. The van der Waals surface area contributed by atoms with Gasteiger partial charge < -0.3 is 14.4 Å². The Hall–Kier alpha value is -3.09. The van der Waals surface area contributed by atoms with Gasteiger partial charge in [-0.25, -0.2) is 0 Å². The molecule has 28 heavy (non-hydrogen) atoms. The molecule has 4 rings (SSSR count). The Morgan fingerprint density at radius 1 is 1.18 bits per heavy atom. The molecule has 0 N–H and O–H groups in total. The molecular formula is C21H24N4O3. The molecule has 1 aliphatic heterocycles. The smallest absolute Gasteiger partial charge is 0.254 e. The van der Waals surface area contributed by atoms with Crippen molar-refractivity contribution < 1.29 is 14.3 Å². The first-order valence-electron chi connectivity index (χ1n) is 9.54. The summed E-state index contributed by atoms with van der Waals surface area (Å²) in [5.74, 6) is 1.96. The summed E-state index contributed by atoms with van der Waals surface area (Å²) in [6.07, 6.45) is 3.77. The van der Waals surface area contributed by atoms with Gasteiger partial charge in [-0.15, -0.1) is 10.2 Å². The number of benzene rings is 1. The molecule has 0 unspecified atom stereocenters. The van der Waals surface area contributed by atoms with E-state index in [1.54, 1.807) is 25.3 Å². The molecule has 146 valence electrons. The summed E-state index contributed by atoms with van der Waals surface area (Å²) < 4.78 is 13.1. The zero-order valence-corrected chi connectivity index (χ0v) is 16.3. The molecule has 0 bridgehead atoms. The van der Waals surface area contributed by atoms with Crippen LogP contribution in [0, 0.1) is 0 Å². The summed E-state index contributed by atoms with van der Waals surface area (Å²) in [6.45, 7) is 4.60. The van der Waals surface area contributed by atoms with Crippen molar-refractivity contribution >= 4 is 11.6 Å². The summed E-state index contributed by atoms with van der Waals surface area (Å²) in [4.78, 5) is 15.1. The molecule has 2 aromatic heterocycles. The highest BCUT2D eigenvalue weighted by atomic mass is 16.5. The van der Waals surface area contributed by atoms with E-state index in [0.717, 1.165) is 24.3 Å². The molecule has 7 nitrogen and oxygen atoms in total. The Labute approximate surface area is 163 Å². The number of likely N-dealkylation sites (tertiary alicyclic amines) is 1. The summed E-state index contributed by atoms with van der Waals surface area (Å²) >= 11 is 0. The van der Waals surface area contributed by atoms with E-state index in [1.165, 1.54) is 0 Å². The third-order valence-corrected chi connectivity index (χ3v) is 4.93. The number of rotatable bonds is 5. The van der Waals surface area contributed by atoms with Gasteiger partial charge in [-0.1, -0.05) is 6.07 Å². The average molecular weight is 380 g/mol. The van der Waals surface area contributed by atoms with Gasteiger partial charge in [0.25, 0.3) is 5.91 Å². The maximum absolute atomic E-state index is 13.3. The Kier molecular flexibility index (Phi) is 4.90. The number of hydrogen-bond donors (Lipinski definition) is 0. The number of hydrogen-bond acceptors (Lipinski definition) is 5. The summed E-state index contributed by atoms with van der Waals surface area (Å²) in [7, 11) is 1.58. The topological polar surface area (TPSA) is 69.0 Å². The normalized spacial score (nSPS) is 16.7. The van der Waals surface area contributed by atoms with Gasteiger partial charge in [0.05, 0.1) is 19.3 Å². The monoisotopic (exact) mass is 380 g/mol. The van der Waals surface area contributed by atoms with E-state index in [4.69, 9.17) is 9.47 Å². The third kappa shape index (κ3) is 3.28. The molecule has 3 heterocycles. The SMILES string of the molecule is COc1cc(C(=O)N2CCC[C@H]2c2nnc3ccccn23)ccc1OC(C)C.